The predicted octanol–water partition coefficient (Wildman–Crippen LogP) is 5.38. The van der Waals surface area contributed by atoms with Gasteiger partial charge in [0.25, 0.3) is 5.91 Å². The number of carbonyl (C=O) groups excluding carboxylic acids is 3. The Morgan fingerprint density at radius 2 is 1.41 bits per heavy atom. The van der Waals surface area contributed by atoms with Crippen LogP contribution in [-0.2, 0) is 33.6 Å². The molecule has 1 saturated heterocycles. The van der Waals surface area contributed by atoms with Crippen molar-refractivity contribution in [3.8, 4) is 33.6 Å². The van der Waals surface area contributed by atoms with E-state index in [0.717, 1.165) is 58.7 Å². The Morgan fingerprint density at radius 3 is 1.98 bits per heavy atom. The van der Waals surface area contributed by atoms with Crippen LogP contribution in [0.25, 0.3) is 33.6 Å². The normalized spacial score (nSPS) is 17.0. The van der Waals surface area contributed by atoms with E-state index in [9.17, 15) is 14.4 Å². The Morgan fingerprint density at radius 1 is 0.821 bits per heavy atom. The van der Waals surface area contributed by atoms with Crippen LogP contribution in [0.4, 0.5) is 4.79 Å². The molecule has 0 spiro atoms. The molecule has 0 aliphatic carbocycles. The van der Waals surface area contributed by atoms with E-state index in [1.54, 1.807) is 38.3 Å². The molecule has 300 valence electrons. The third-order valence-corrected chi connectivity index (χ3v) is 10.0. The molecule has 1 fully saturated rings. The van der Waals surface area contributed by atoms with Crippen LogP contribution in [0.3, 0.4) is 0 Å². The van der Waals surface area contributed by atoms with Crippen molar-refractivity contribution >= 4 is 24.3 Å². The highest BCUT2D eigenvalue weighted by atomic mass is 17.2. The number of aliphatic imine (C=N–C) groups is 1. The summed E-state index contributed by atoms with van der Waals surface area (Å²) in [5.41, 5.74) is 5.62. The number of ether oxygens (including phenoxy) is 3. The first-order valence-electron chi connectivity index (χ1n) is 18.5. The molecule has 0 saturated carbocycles. The van der Waals surface area contributed by atoms with E-state index < -0.39 is 42.3 Å². The van der Waals surface area contributed by atoms with E-state index in [0.29, 0.717) is 12.4 Å². The standard InChI is InChI=1S/C40H52N8O8/c1-23(2)33(46-38(49)34(24(3)52-5)47-40(51)54-7)37-42-21-31(45-37)29-17-13-27(14-18-29)26-11-15-28(16-12-26)30-20-41-36(44-30)32-10-9-19-48(32)39(50)35(25(4)53-6)43-22-56-55-8/h11-18,20-25,32-35H,9-10,19H2,1-8H3,(H,41,44)(H,42,45)(H,46,49)(H,47,51)/b43-22+/t24-,25-,32+,33-,34+,35+/m1/s1. The van der Waals surface area contributed by atoms with Crippen molar-refractivity contribution in [2.24, 2.45) is 10.9 Å². The fraction of sp³-hybridized carbons (Fsp3) is 0.450. The Hall–Kier alpha value is -5.58. The number of aromatic nitrogens is 4. The van der Waals surface area contributed by atoms with Gasteiger partial charge in [0.1, 0.15) is 17.7 Å². The van der Waals surface area contributed by atoms with Crippen LogP contribution in [0.1, 0.15) is 64.3 Å². The lowest BCUT2D eigenvalue weighted by Crippen LogP contribution is -2.54. The topological polar surface area (TPSA) is 194 Å². The SMILES string of the molecule is COO/C=N/[C@H](C(=O)N1CCC[C@H]1c1ncc(-c2ccc(-c3ccc(-c4cnc([C@H](NC(=O)[C@@H](NC(=O)OC)[C@@H](C)OC)C(C)C)[nH]4)cc3)cc2)[nH]1)[C@@H](C)OC. The molecule has 5 rings (SSSR count). The van der Waals surface area contributed by atoms with Gasteiger partial charge in [0.15, 0.2) is 6.04 Å². The van der Waals surface area contributed by atoms with Crippen LogP contribution < -0.4 is 10.6 Å². The highest BCUT2D eigenvalue weighted by Gasteiger charge is 2.38. The molecule has 1 aliphatic heterocycles. The van der Waals surface area contributed by atoms with Gasteiger partial charge < -0.3 is 44.6 Å². The van der Waals surface area contributed by atoms with Crippen molar-refractivity contribution in [2.45, 2.75) is 76.9 Å². The van der Waals surface area contributed by atoms with E-state index in [1.807, 2.05) is 50.2 Å². The van der Waals surface area contributed by atoms with Gasteiger partial charge in [0, 0.05) is 20.8 Å². The Labute approximate surface area is 326 Å². The van der Waals surface area contributed by atoms with Gasteiger partial charge in [-0.25, -0.2) is 19.8 Å². The lowest BCUT2D eigenvalue weighted by Gasteiger charge is -2.28. The maximum Gasteiger partial charge on any atom is 0.407 e. The Kier molecular flexibility index (Phi) is 14.4. The van der Waals surface area contributed by atoms with E-state index in [4.69, 9.17) is 19.1 Å². The molecule has 0 unspecified atom stereocenters. The third-order valence-electron chi connectivity index (χ3n) is 10.0. The molecule has 3 amide bonds. The number of nitrogens with zero attached hydrogens (tertiary/aromatic N) is 4. The van der Waals surface area contributed by atoms with Crippen molar-refractivity contribution in [2.75, 3.05) is 35.0 Å². The molecule has 4 aromatic rings. The number of likely N-dealkylation sites (tertiary alicyclic amines) is 1. The van der Waals surface area contributed by atoms with Gasteiger partial charge in [-0.2, -0.15) is 4.89 Å². The number of methoxy groups -OCH3 is 3. The van der Waals surface area contributed by atoms with E-state index in [2.05, 4.69) is 52.6 Å². The summed E-state index contributed by atoms with van der Waals surface area (Å²) in [5, 5.41) is 5.55. The lowest BCUT2D eigenvalue weighted by atomic mass is 10.0. The second-order valence-electron chi connectivity index (χ2n) is 13.9. The quantitative estimate of drug-likeness (QED) is 0.0469. The van der Waals surface area contributed by atoms with Crippen LogP contribution in [0.2, 0.25) is 0 Å². The zero-order chi connectivity index (χ0) is 40.4. The summed E-state index contributed by atoms with van der Waals surface area (Å²) < 4.78 is 15.5. The average molecular weight is 773 g/mol. The molecule has 6 atom stereocenters. The van der Waals surface area contributed by atoms with Gasteiger partial charge in [-0.05, 0) is 54.9 Å². The number of H-pyrrole nitrogens is 2. The third kappa shape index (κ3) is 9.80. The van der Waals surface area contributed by atoms with Crippen molar-refractivity contribution in [1.29, 1.82) is 0 Å². The largest absolute Gasteiger partial charge is 0.453 e. The minimum Gasteiger partial charge on any atom is -0.453 e. The molecule has 0 radical (unpaired) electrons. The van der Waals surface area contributed by atoms with Crippen molar-refractivity contribution in [3.05, 3.63) is 72.6 Å². The summed E-state index contributed by atoms with van der Waals surface area (Å²) in [4.78, 5) is 70.3. The van der Waals surface area contributed by atoms with Gasteiger partial charge in [0.05, 0.1) is 62.3 Å². The summed E-state index contributed by atoms with van der Waals surface area (Å²) in [6.45, 7) is 8.03. The predicted molar refractivity (Wildman–Crippen MR) is 209 cm³/mol. The smallest absolute Gasteiger partial charge is 0.407 e. The van der Waals surface area contributed by atoms with Crippen molar-refractivity contribution in [1.82, 2.24) is 35.5 Å². The Bertz CT molecular complexity index is 1930. The number of amides is 3. The number of rotatable bonds is 17. The molecular formula is C40H52N8O8. The summed E-state index contributed by atoms with van der Waals surface area (Å²) in [6, 6.07) is 13.9. The molecule has 16 heteroatoms. The number of nitrogens with one attached hydrogen (secondary N) is 4. The first-order valence-corrected chi connectivity index (χ1v) is 18.5. The van der Waals surface area contributed by atoms with Crippen molar-refractivity contribution in [3.63, 3.8) is 0 Å². The molecular weight excluding hydrogens is 720 g/mol. The summed E-state index contributed by atoms with van der Waals surface area (Å²) in [5.74, 6) is 0.710. The van der Waals surface area contributed by atoms with Gasteiger partial charge in [-0.15, -0.1) is 0 Å². The van der Waals surface area contributed by atoms with E-state index in [-0.39, 0.29) is 17.9 Å². The molecule has 2 aromatic carbocycles. The minimum absolute atomic E-state index is 0.0138. The fourth-order valence-electron chi connectivity index (χ4n) is 6.62. The first-order chi connectivity index (χ1) is 27.0. The molecule has 4 N–H and O–H groups in total. The average Bonchev–Trinajstić information content (AvgIpc) is 4.02. The van der Waals surface area contributed by atoms with Gasteiger partial charge in [-0.3, -0.25) is 9.59 Å². The number of benzene rings is 2. The fourth-order valence-corrected chi connectivity index (χ4v) is 6.62. The molecule has 56 heavy (non-hydrogen) atoms. The first kappa shape index (κ1) is 41.6. The van der Waals surface area contributed by atoms with Gasteiger partial charge in [-0.1, -0.05) is 62.4 Å². The minimum atomic E-state index is -0.963. The van der Waals surface area contributed by atoms with Crippen molar-refractivity contribution < 1.29 is 38.4 Å². The molecule has 2 aromatic heterocycles. The maximum absolute atomic E-state index is 13.6. The monoisotopic (exact) mass is 772 g/mol. The molecule has 16 nitrogen and oxygen atoms in total. The second-order valence-corrected chi connectivity index (χ2v) is 13.9. The number of imidazole rings is 2. The summed E-state index contributed by atoms with van der Waals surface area (Å²) >= 11 is 0. The van der Waals surface area contributed by atoms with Gasteiger partial charge in [0.2, 0.25) is 12.3 Å². The zero-order valence-electron chi connectivity index (χ0n) is 33.1. The summed E-state index contributed by atoms with van der Waals surface area (Å²) in [6.07, 6.45) is 4.49. The lowest BCUT2D eigenvalue weighted by molar-refractivity contribution is -0.188. The molecule has 3 heterocycles. The van der Waals surface area contributed by atoms with Crippen LogP contribution in [0, 0.1) is 5.92 Å². The van der Waals surface area contributed by atoms with Crippen LogP contribution in [0.5, 0.6) is 0 Å². The van der Waals surface area contributed by atoms with Gasteiger partial charge >= 0.3 is 6.09 Å². The highest BCUT2D eigenvalue weighted by molar-refractivity contribution is 5.86. The zero-order valence-corrected chi connectivity index (χ0v) is 33.1. The second kappa shape index (κ2) is 19.3. The summed E-state index contributed by atoms with van der Waals surface area (Å²) in [7, 11) is 5.61. The molecule has 1 aliphatic rings. The highest BCUT2D eigenvalue weighted by Crippen LogP contribution is 2.34. The molecule has 0 bridgehead atoms. The Balaban J connectivity index is 1.25. The maximum atomic E-state index is 13.6. The van der Waals surface area contributed by atoms with Crippen LogP contribution in [-0.4, -0.2) is 108 Å². The number of hydrogen-bond acceptors (Lipinski definition) is 11. The van der Waals surface area contributed by atoms with E-state index >= 15 is 0 Å². The van der Waals surface area contributed by atoms with Crippen LogP contribution >= 0.6 is 0 Å². The van der Waals surface area contributed by atoms with E-state index in [1.165, 1.54) is 21.3 Å². The van der Waals surface area contributed by atoms with Crippen LogP contribution in [0.15, 0.2) is 65.9 Å². The number of carbonyl (C=O) groups is 3. The number of hydrogen-bond donors (Lipinski definition) is 4. The number of aromatic amines is 2. The number of alkyl carbamates (subject to hydrolysis) is 1.